The molecule has 0 radical (unpaired) electrons. The molecule has 22 heavy (non-hydrogen) atoms. The Morgan fingerprint density at radius 1 is 1.32 bits per heavy atom. The zero-order chi connectivity index (χ0) is 16.1. The number of sulfone groups is 1. The van der Waals surface area contributed by atoms with Gasteiger partial charge in [-0.25, -0.2) is 8.42 Å². The lowest BCUT2D eigenvalue weighted by molar-refractivity contribution is 0.0922. The molecule has 0 spiro atoms. The predicted molar refractivity (Wildman–Crippen MR) is 83.7 cm³/mol. The van der Waals surface area contributed by atoms with E-state index in [9.17, 15) is 13.2 Å². The zero-order valence-electron chi connectivity index (χ0n) is 13.3. The van der Waals surface area contributed by atoms with Crippen molar-refractivity contribution < 1.29 is 13.2 Å². The molecule has 2 aliphatic rings. The minimum atomic E-state index is -3.00. The summed E-state index contributed by atoms with van der Waals surface area (Å²) >= 11 is 0. The molecule has 1 atom stereocenters. The molecule has 1 saturated heterocycles. The highest BCUT2D eigenvalue weighted by Crippen LogP contribution is 2.40. The average molecular weight is 325 g/mol. The van der Waals surface area contributed by atoms with Crippen LogP contribution in [-0.4, -0.2) is 41.7 Å². The Kier molecular flexibility index (Phi) is 3.58. The standard InChI is InChI=1S/C15H23N3O3S/c1-15(2,3)18-13(8-12(17-18)10-4-5-10)14(19)16-11-6-7-22(20,21)9-11/h8,10-11H,4-7,9H2,1-3H3,(H,16,19). The Morgan fingerprint density at radius 3 is 2.50 bits per heavy atom. The Balaban J connectivity index is 1.82. The minimum absolute atomic E-state index is 0.0396. The third-order valence-electron chi connectivity index (χ3n) is 4.16. The lowest BCUT2D eigenvalue weighted by atomic mass is 10.1. The van der Waals surface area contributed by atoms with Gasteiger partial charge in [0.15, 0.2) is 9.84 Å². The van der Waals surface area contributed by atoms with E-state index < -0.39 is 9.84 Å². The zero-order valence-corrected chi connectivity index (χ0v) is 14.1. The largest absolute Gasteiger partial charge is 0.347 e. The van der Waals surface area contributed by atoms with Crippen LogP contribution >= 0.6 is 0 Å². The van der Waals surface area contributed by atoms with Gasteiger partial charge in [0.1, 0.15) is 5.69 Å². The third kappa shape index (κ3) is 3.19. The molecule has 2 fully saturated rings. The molecule has 2 heterocycles. The molecule has 3 rings (SSSR count). The highest BCUT2D eigenvalue weighted by molar-refractivity contribution is 7.91. The van der Waals surface area contributed by atoms with Gasteiger partial charge in [0.25, 0.3) is 5.91 Å². The molecule has 1 unspecified atom stereocenters. The summed E-state index contributed by atoms with van der Waals surface area (Å²) in [6.07, 6.45) is 2.75. The van der Waals surface area contributed by atoms with Crippen molar-refractivity contribution in [2.45, 2.75) is 57.5 Å². The molecule has 1 aromatic rings. The van der Waals surface area contributed by atoms with Crippen molar-refractivity contribution in [3.8, 4) is 0 Å². The summed E-state index contributed by atoms with van der Waals surface area (Å²) in [4.78, 5) is 12.6. The summed E-state index contributed by atoms with van der Waals surface area (Å²) in [6.45, 7) is 6.02. The number of carbonyl (C=O) groups excluding carboxylic acids is 1. The Hall–Kier alpha value is -1.37. The molecule has 1 N–H and O–H groups in total. The lowest BCUT2D eigenvalue weighted by Crippen LogP contribution is -2.38. The number of rotatable bonds is 3. The van der Waals surface area contributed by atoms with Crippen molar-refractivity contribution in [2.75, 3.05) is 11.5 Å². The van der Waals surface area contributed by atoms with E-state index in [1.807, 2.05) is 26.8 Å². The van der Waals surface area contributed by atoms with Gasteiger partial charge in [-0.1, -0.05) is 0 Å². The predicted octanol–water partition coefficient (Wildman–Crippen LogP) is 1.43. The molecule has 122 valence electrons. The SMILES string of the molecule is CC(C)(C)n1nc(C2CC2)cc1C(=O)NC1CCS(=O)(=O)C1. The Morgan fingerprint density at radius 2 is 2.00 bits per heavy atom. The Labute approximate surface area is 131 Å². The van der Waals surface area contributed by atoms with Gasteiger partial charge in [0, 0.05) is 12.0 Å². The first-order valence-corrected chi connectivity index (χ1v) is 9.59. The van der Waals surface area contributed by atoms with Crippen LogP contribution in [0.15, 0.2) is 6.07 Å². The van der Waals surface area contributed by atoms with Crippen LogP contribution in [0, 0.1) is 0 Å². The molecule has 1 aliphatic carbocycles. The first kappa shape index (κ1) is 15.5. The van der Waals surface area contributed by atoms with Gasteiger partial charge in [0.05, 0.1) is 22.7 Å². The van der Waals surface area contributed by atoms with E-state index in [2.05, 4.69) is 10.4 Å². The molecular weight excluding hydrogens is 302 g/mol. The second-order valence-corrected chi connectivity index (χ2v) is 9.61. The molecule has 1 amide bonds. The van der Waals surface area contributed by atoms with Crippen LogP contribution in [0.25, 0.3) is 0 Å². The molecular formula is C15H23N3O3S. The second-order valence-electron chi connectivity index (χ2n) is 7.38. The van der Waals surface area contributed by atoms with E-state index in [-0.39, 0.29) is 29.0 Å². The maximum atomic E-state index is 12.6. The lowest BCUT2D eigenvalue weighted by Gasteiger charge is -2.22. The highest BCUT2D eigenvalue weighted by atomic mass is 32.2. The number of carbonyl (C=O) groups is 1. The van der Waals surface area contributed by atoms with Gasteiger partial charge in [-0.3, -0.25) is 9.48 Å². The van der Waals surface area contributed by atoms with E-state index in [1.54, 1.807) is 4.68 Å². The Bertz CT molecular complexity index is 696. The summed E-state index contributed by atoms with van der Waals surface area (Å²) in [5.74, 6) is 0.445. The fourth-order valence-electron chi connectivity index (χ4n) is 2.82. The van der Waals surface area contributed by atoms with Crippen LogP contribution in [0.1, 0.15) is 62.1 Å². The second kappa shape index (κ2) is 5.08. The number of hydrogen-bond acceptors (Lipinski definition) is 4. The summed E-state index contributed by atoms with van der Waals surface area (Å²) in [5, 5.41) is 7.46. The van der Waals surface area contributed by atoms with Crippen molar-refractivity contribution in [2.24, 2.45) is 0 Å². The average Bonchev–Trinajstić information content (AvgIpc) is 3.03. The first-order chi connectivity index (χ1) is 10.2. The smallest absolute Gasteiger partial charge is 0.269 e. The number of nitrogens with one attached hydrogen (secondary N) is 1. The quantitative estimate of drug-likeness (QED) is 0.911. The molecule has 0 aromatic carbocycles. The normalized spacial score (nSPS) is 24.4. The van der Waals surface area contributed by atoms with Crippen LogP contribution in [-0.2, 0) is 15.4 Å². The van der Waals surface area contributed by atoms with Crippen LogP contribution in [0.5, 0.6) is 0 Å². The van der Waals surface area contributed by atoms with Gasteiger partial charge < -0.3 is 5.32 Å². The van der Waals surface area contributed by atoms with Gasteiger partial charge in [0.2, 0.25) is 0 Å². The molecule has 0 bridgehead atoms. The van der Waals surface area contributed by atoms with Gasteiger partial charge in [-0.05, 0) is 46.1 Å². The maximum absolute atomic E-state index is 12.6. The molecule has 1 saturated carbocycles. The van der Waals surface area contributed by atoms with E-state index in [4.69, 9.17) is 0 Å². The van der Waals surface area contributed by atoms with E-state index in [0.29, 0.717) is 18.0 Å². The fourth-order valence-corrected chi connectivity index (χ4v) is 4.49. The van der Waals surface area contributed by atoms with Gasteiger partial charge in [-0.15, -0.1) is 0 Å². The number of aromatic nitrogens is 2. The van der Waals surface area contributed by atoms with Crippen LogP contribution in [0.2, 0.25) is 0 Å². The van der Waals surface area contributed by atoms with E-state index in [0.717, 1.165) is 18.5 Å². The van der Waals surface area contributed by atoms with Gasteiger partial charge in [-0.2, -0.15) is 5.10 Å². The number of hydrogen-bond donors (Lipinski definition) is 1. The molecule has 1 aliphatic heterocycles. The third-order valence-corrected chi connectivity index (χ3v) is 5.93. The van der Waals surface area contributed by atoms with Crippen molar-refractivity contribution >= 4 is 15.7 Å². The highest BCUT2D eigenvalue weighted by Gasteiger charge is 2.33. The minimum Gasteiger partial charge on any atom is -0.347 e. The summed E-state index contributed by atoms with van der Waals surface area (Å²) in [7, 11) is -3.00. The maximum Gasteiger partial charge on any atom is 0.269 e. The van der Waals surface area contributed by atoms with E-state index in [1.165, 1.54) is 0 Å². The van der Waals surface area contributed by atoms with Crippen LogP contribution in [0.3, 0.4) is 0 Å². The monoisotopic (exact) mass is 325 g/mol. The summed E-state index contributed by atoms with van der Waals surface area (Å²) in [5.41, 5.74) is 1.21. The van der Waals surface area contributed by atoms with Crippen molar-refractivity contribution in [1.82, 2.24) is 15.1 Å². The van der Waals surface area contributed by atoms with E-state index >= 15 is 0 Å². The van der Waals surface area contributed by atoms with Gasteiger partial charge >= 0.3 is 0 Å². The molecule has 6 nitrogen and oxygen atoms in total. The molecule has 1 aromatic heterocycles. The summed E-state index contributed by atoms with van der Waals surface area (Å²) in [6, 6.07) is 1.58. The van der Waals surface area contributed by atoms with Crippen LogP contribution < -0.4 is 5.32 Å². The van der Waals surface area contributed by atoms with Crippen molar-refractivity contribution in [3.63, 3.8) is 0 Å². The molecule has 7 heteroatoms. The topological polar surface area (TPSA) is 81.1 Å². The number of nitrogens with zero attached hydrogens (tertiary/aromatic N) is 2. The number of amides is 1. The fraction of sp³-hybridized carbons (Fsp3) is 0.733. The first-order valence-electron chi connectivity index (χ1n) is 7.77. The van der Waals surface area contributed by atoms with Crippen molar-refractivity contribution in [3.05, 3.63) is 17.5 Å². The van der Waals surface area contributed by atoms with Crippen LogP contribution in [0.4, 0.5) is 0 Å². The van der Waals surface area contributed by atoms with Crippen molar-refractivity contribution in [1.29, 1.82) is 0 Å². The summed E-state index contributed by atoms with van der Waals surface area (Å²) < 4.78 is 24.8.